The van der Waals surface area contributed by atoms with E-state index in [9.17, 15) is 18.0 Å². The zero-order valence-corrected chi connectivity index (χ0v) is 12.2. The quantitative estimate of drug-likeness (QED) is 0.864. The van der Waals surface area contributed by atoms with Gasteiger partial charge in [-0.25, -0.2) is 4.98 Å². The first-order valence-corrected chi connectivity index (χ1v) is 6.77. The van der Waals surface area contributed by atoms with E-state index in [2.05, 4.69) is 16.8 Å². The Morgan fingerprint density at radius 3 is 2.48 bits per heavy atom. The Labute approximate surface area is 131 Å². The van der Waals surface area contributed by atoms with E-state index in [1.54, 1.807) is 18.2 Å². The van der Waals surface area contributed by atoms with Crippen LogP contribution in [-0.4, -0.2) is 23.1 Å². The van der Waals surface area contributed by atoms with E-state index in [0.717, 1.165) is 12.5 Å². The standard InChI is InChI=1S/C17H13F3N2O/c1-12(17(18,19)20)22-16(23)15-14(8-5-11-21-15)10-9-13-6-3-2-4-7-13/h2-8,11-12H,1H3,(H,22,23). The van der Waals surface area contributed by atoms with Crippen molar-refractivity contribution in [1.82, 2.24) is 10.3 Å². The number of rotatable bonds is 2. The average molecular weight is 318 g/mol. The number of hydrogen-bond acceptors (Lipinski definition) is 2. The summed E-state index contributed by atoms with van der Waals surface area (Å²) in [5.41, 5.74) is 0.863. The molecular formula is C17H13F3N2O. The molecule has 1 atom stereocenters. The van der Waals surface area contributed by atoms with E-state index in [0.29, 0.717) is 0 Å². The van der Waals surface area contributed by atoms with E-state index in [4.69, 9.17) is 0 Å². The molecule has 0 radical (unpaired) electrons. The minimum atomic E-state index is -4.51. The predicted molar refractivity (Wildman–Crippen MR) is 79.6 cm³/mol. The molecule has 0 saturated heterocycles. The largest absolute Gasteiger partial charge is 0.408 e. The molecule has 1 unspecified atom stereocenters. The van der Waals surface area contributed by atoms with Crippen LogP contribution in [0.15, 0.2) is 48.7 Å². The first kappa shape index (κ1) is 16.6. The number of aromatic nitrogens is 1. The minimum absolute atomic E-state index is 0.132. The molecule has 2 aromatic rings. The van der Waals surface area contributed by atoms with Gasteiger partial charge in [-0.2, -0.15) is 13.2 Å². The van der Waals surface area contributed by atoms with E-state index in [1.807, 2.05) is 23.5 Å². The van der Waals surface area contributed by atoms with Gasteiger partial charge in [0.15, 0.2) is 0 Å². The van der Waals surface area contributed by atoms with Crippen molar-refractivity contribution in [3.05, 3.63) is 65.5 Å². The van der Waals surface area contributed by atoms with Gasteiger partial charge < -0.3 is 5.32 Å². The number of nitrogens with one attached hydrogen (secondary N) is 1. The molecule has 1 heterocycles. The van der Waals surface area contributed by atoms with Crippen molar-refractivity contribution in [2.24, 2.45) is 0 Å². The van der Waals surface area contributed by atoms with Crippen LogP contribution < -0.4 is 5.32 Å². The van der Waals surface area contributed by atoms with E-state index in [1.165, 1.54) is 12.3 Å². The van der Waals surface area contributed by atoms with Gasteiger partial charge in [-0.15, -0.1) is 0 Å². The number of nitrogens with zero attached hydrogens (tertiary/aromatic N) is 1. The summed E-state index contributed by atoms with van der Waals surface area (Å²) in [6.07, 6.45) is -3.18. The fourth-order valence-electron chi connectivity index (χ4n) is 1.69. The molecule has 0 fully saturated rings. The monoisotopic (exact) mass is 318 g/mol. The summed E-state index contributed by atoms with van der Waals surface area (Å²) in [4.78, 5) is 15.8. The van der Waals surface area contributed by atoms with Crippen LogP contribution in [0.3, 0.4) is 0 Å². The smallest absolute Gasteiger partial charge is 0.339 e. The van der Waals surface area contributed by atoms with Gasteiger partial charge in [0.2, 0.25) is 0 Å². The first-order valence-electron chi connectivity index (χ1n) is 6.77. The van der Waals surface area contributed by atoms with Crippen molar-refractivity contribution in [1.29, 1.82) is 0 Å². The zero-order chi connectivity index (χ0) is 16.9. The lowest BCUT2D eigenvalue weighted by Crippen LogP contribution is -2.43. The molecule has 1 amide bonds. The summed E-state index contributed by atoms with van der Waals surface area (Å²) >= 11 is 0. The molecule has 118 valence electrons. The molecule has 1 aromatic carbocycles. The number of halogens is 3. The summed E-state index contributed by atoms with van der Waals surface area (Å²) in [7, 11) is 0. The highest BCUT2D eigenvalue weighted by Crippen LogP contribution is 2.20. The van der Waals surface area contributed by atoms with E-state index < -0.39 is 18.1 Å². The Morgan fingerprint density at radius 2 is 1.83 bits per heavy atom. The molecule has 0 bridgehead atoms. The highest BCUT2D eigenvalue weighted by molar-refractivity contribution is 5.95. The van der Waals surface area contributed by atoms with Crippen LogP contribution in [0.1, 0.15) is 28.5 Å². The molecule has 23 heavy (non-hydrogen) atoms. The van der Waals surface area contributed by atoms with Crippen molar-refractivity contribution in [3.8, 4) is 11.8 Å². The number of carbonyl (C=O) groups excluding carboxylic acids is 1. The molecule has 6 heteroatoms. The zero-order valence-electron chi connectivity index (χ0n) is 12.2. The van der Waals surface area contributed by atoms with Gasteiger partial charge >= 0.3 is 6.18 Å². The molecule has 3 nitrogen and oxygen atoms in total. The van der Waals surface area contributed by atoms with Crippen LogP contribution in [-0.2, 0) is 0 Å². The van der Waals surface area contributed by atoms with Crippen molar-refractivity contribution in [2.45, 2.75) is 19.1 Å². The highest BCUT2D eigenvalue weighted by Gasteiger charge is 2.37. The molecule has 0 spiro atoms. The minimum Gasteiger partial charge on any atom is -0.339 e. The van der Waals surface area contributed by atoms with Crippen molar-refractivity contribution < 1.29 is 18.0 Å². The molecule has 0 aliphatic carbocycles. The second kappa shape index (κ2) is 6.97. The summed E-state index contributed by atoms with van der Waals surface area (Å²) in [6.45, 7) is 0.871. The van der Waals surface area contributed by atoms with Crippen molar-refractivity contribution in [3.63, 3.8) is 0 Å². The SMILES string of the molecule is CC(NC(=O)c1ncccc1C#Cc1ccccc1)C(F)(F)F. The first-order chi connectivity index (χ1) is 10.9. The molecule has 1 aromatic heterocycles. The van der Waals surface area contributed by atoms with Gasteiger partial charge in [-0.05, 0) is 31.2 Å². The number of amides is 1. The van der Waals surface area contributed by atoms with Crippen LogP contribution in [0.5, 0.6) is 0 Å². The molecule has 0 aliphatic rings. The maximum absolute atomic E-state index is 12.5. The Hall–Kier alpha value is -2.81. The van der Waals surface area contributed by atoms with Gasteiger partial charge in [0.05, 0.1) is 5.56 Å². The van der Waals surface area contributed by atoms with E-state index >= 15 is 0 Å². The maximum atomic E-state index is 12.5. The molecule has 2 rings (SSSR count). The third-order valence-corrected chi connectivity index (χ3v) is 2.98. The third-order valence-electron chi connectivity index (χ3n) is 2.98. The van der Waals surface area contributed by atoms with E-state index in [-0.39, 0.29) is 11.3 Å². The van der Waals surface area contributed by atoms with Crippen molar-refractivity contribution >= 4 is 5.91 Å². The van der Waals surface area contributed by atoms with Crippen LogP contribution in [0.2, 0.25) is 0 Å². The fraction of sp³-hybridized carbons (Fsp3) is 0.176. The van der Waals surface area contributed by atoms with Gasteiger partial charge in [0, 0.05) is 11.8 Å². The maximum Gasteiger partial charge on any atom is 0.408 e. The van der Waals surface area contributed by atoms with Crippen LogP contribution in [0.25, 0.3) is 0 Å². The summed E-state index contributed by atoms with van der Waals surface area (Å²) in [5, 5.41) is 1.88. The fourth-order valence-corrected chi connectivity index (χ4v) is 1.69. The van der Waals surface area contributed by atoms with Crippen LogP contribution >= 0.6 is 0 Å². The Morgan fingerprint density at radius 1 is 1.13 bits per heavy atom. The Bertz CT molecular complexity index is 746. The van der Waals surface area contributed by atoms with Gasteiger partial charge in [-0.1, -0.05) is 30.0 Å². The van der Waals surface area contributed by atoms with Crippen LogP contribution in [0, 0.1) is 11.8 Å². The predicted octanol–water partition coefficient (Wildman–Crippen LogP) is 3.16. The number of alkyl halides is 3. The number of pyridine rings is 1. The second-order valence-electron chi connectivity index (χ2n) is 4.75. The topological polar surface area (TPSA) is 42.0 Å². The normalized spacial score (nSPS) is 12.0. The summed E-state index contributed by atoms with van der Waals surface area (Å²) < 4.78 is 37.6. The van der Waals surface area contributed by atoms with Gasteiger partial charge in [0.1, 0.15) is 11.7 Å². The lowest BCUT2D eigenvalue weighted by Gasteiger charge is -2.17. The Balaban J connectivity index is 2.25. The van der Waals surface area contributed by atoms with Crippen molar-refractivity contribution in [2.75, 3.05) is 0 Å². The Kier molecular flexibility index (Phi) is 5.02. The third kappa shape index (κ3) is 4.58. The molecular weight excluding hydrogens is 305 g/mol. The molecule has 1 N–H and O–H groups in total. The lowest BCUT2D eigenvalue weighted by molar-refractivity contribution is -0.149. The number of hydrogen-bond donors (Lipinski definition) is 1. The summed E-state index contributed by atoms with van der Waals surface area (Å²) in [6, 6.07) is 10.2. The second-order valence-corrected chi connectivity index (χ2v) is 4.75. The lowest BCUT2D eigenvalue weighted by atomic mass is 10.1. The molecule has 0 aliphatic heterocycles. The van der Waals surface area contributed by atoms with Gasteiger partial charge in [-0.3, -0.25) is 4.79 Å². The van der Waals surface area contributed by atoms with Crippen LogP contribution in [0.4, 0.5) is 13.2 Å². The number of benzene rings is 1. The average Bonchev–Trinajstić information content (AvgIpc) is 2.53. The summed E-state index contributed by atoms with van der Waals surface area (Å²) in [5.74, 6) is 4.71. The number of carbonyl (C=O) groups is 1. The highest BCUT2D eigenvalue weighted by atomic mass is 19.4. The molecule has 0 saturated carbocycles. The van der Waals surface area contributed by atoms with Gasteiger partial charge in [0.25, 0.3) is 5.91 Å².